The van der Waals surface area contributed by atoms with E-state index in [-0.39, 0.29) is 0 Å². The number of primary amides is 1. The molecule has 4 aromatic carbocycles. The first-order valence-electron chi connectivity index (χ1n) is 12.2. The Kier molecular flexibility index (Phi) is 6.53. The van der Waals surface area contributed by atoms with Gasteiger partial charge in [-0.1, -0.05) is 62.2 Å². The number of benzene rings is 4. The number of aryl methyl sites for hydroxylation is 1. The molecule has 0 aliphatic rings. The van der Waals surface area contributed by atoms with Crippen LogP contribution in [-0.2, 0) is 13.0 Å². The van der Waals surface area contributed by atoms with Gasteiger partial charge in [-0.2, -0.15) is 0 Å². The van der Waals surface area contributed by atoms with Crippen molar-refractivity contribution in [2.24, 2.45) is 5.73 Å². The Morgan fingerprint density at radius 1 is 0.886 bits per heavy atom. The van der Waals surface area contributed by atoms with E-state index in [1.165, 1.54) is 18.4 Å². The zero-order chi connectivity index (χ0) is 24.2. The fourth-order valence-corrected chi connectivity index (χ4v) is 4.71. The maximum Gasteiger partial charge on any atom is 0.249 e. The third-order valence-corrected chi connectivity index (χ3v) is 6.41. The number of nitrogens with two attached hydrogens (primary N) is 1. The Labute approximate surface area is 205 Å². The number of rotatable bonds is 9. The van der Waals surface area contributed by atoms with Gasteiger partial charge in [-0.05, 0) is 72.5 Å². The van der Waals surface area contributed by atoms with E-state index in [0.29, 0.717) is 12.1 Å². The molecule has 2 N–H and O–H groups in total. The molecule has 0 aliphatic heterocycles. The highest BCUT2D eigenvalue weighted by atomic mass is 16.5. The predicted octanol–water partition coefficient (Wildman–Crippen LogP) is 7.27. The molecule has 35 heavy (non-hydrogen) atoms. The minimum atomic E-state index is -0.423. The van der Waals surface area contributed by atoms with Gasteiger partial charge in [0.15, 0.2) is 0 Å². The molecular formula is C31H29N2O2. The summed E-state index contributed by atoms with van der Waals surface area (Å²) < 4.78 is 8.32. The SMILES string of the molecule is CCCCCc1c[c]c2c3c(C(N)=O)cccc3n(Cc3cccc(Oc4ccccc4)c3)c2c1. The molecule has 4 heteroatoms. The maximum absolute atomic E-state index is 12.3. The number of hydrogen-bond donors (Lipinski definition) is 1. The summed E-state index contributed by atoms with van der Waals surface area (Å²) in [6, 6.07) is 31.5. The van der Waals surface area contributed by atoms with Gasteiger partial charge >= 0.3 is 0 Å². The minimum Gasteiger partial charge on any atom is -0.457 e. The van der Waals surface area contributed by atoms with Crippen LogP contribution in [0.4, 0.5) is 0 Å². The van der Waals surface area contributed by atoms with Crippen molar-refractivity contribution in [1.82, 2.24) is 4.57 Å². The van der Waals surface area contributed by atoms with Gasteiger partial charge in [0, 0.05) is 22.9 Å². The average Bonchev–Trinajstić information content (AvgIpc) is 3.18. The normalized spacial score (nSPS) is 11.2. The summed E-state index contributed by atoms with van der Waals surface area (Å²) in [5.74, 6) is 1.17. The number of fused-ring (bicyclic) bond motifs is 3. The highest BCUT2D eigenvalue weighted by Gasteiger charge is 2.17. The highest BCUT2D eigenvalue weighted by Crippen LogP contribution is 2.33. The third-order valence-electron chi connectivity index (χ3n) is 6.41. The Bertz CT molecular complexity index is 1480. The van der Waals surface area contributed by atoms with Crippen molar-refractivity contribution in [1.29, 1.82) is 0 Å². The van der Waals surface area contributed by atoms with Gasteiger partial charge in [0.05, 0.1) is 11.0 Å². The number of aromatic nitrogens is 1. The summed E-state index contributed by atoms with van der Waals surface area (Å²) in [6.45, 7) is 2.86. The maximum atomic E-state index is 12.3. The van der Waals surface area contributed by atoms with Crippen LogP contribution in [0.25, 0.3) is 21.8 Å². The lowest BCUT2D eigenvalue weighted by Crippen LogP contribution is -2.11. The highest BCUT2D eigenvalue weighted by molar-refractivity contribution is 6.17. The first-order valence-corrected chi connectivity index (χ1v) is 12.2. The molecule has 0 aliphatic carbocycles. The van der Waals surface area contributed by atoms with E-state index < -0.39 is 5.91 Å². The Morgan fingerprint density at radius 2 is 1.69 bits per heavy atom. The van der Waals surface area contributed by atoms with Gasteiger partial charge in [-0.25, -0.2) is 0 Å². The van der Waals surface area contributed by atoms with Crippen LogP contribution >= 0.6 is 0 Å². The van der Waals surface area contributed by atoms with Crippen LogP contribution in [0.2, 0.25) is 0 Å². The molecule has 1 heterocycles. The lowest BCUT2D eigenvalue weighted by atomic mass is 10.0. The van der Waals surface area contributed by atoms with Gasteiger partial charge in [0.1, 0.15) is 11.5 Å². The number of hydrogen-bond acceptors (Lipinski definition) is 2. The summed E-state index contributed by atoms with van der Waals surface area (Å²) in [5.41, 5.74) is 10.7. The van der Waals surface area contributed by atoms with Crippen LogP contribution in [0.15, 0.2) is 84.9 Å². The van der Waals surface area contributed by atoms with E-state index in [1.807, 2.05) is 48.5 Å². The molecule has 1 amide bonds. The van der Waals surface area contributed by atoms with E-state index in [0.717, 1.165) is 51.7 Å². The lowest BCUT2D eigenvalue weighted by molar-refractivity contribution is 0.100. The number of carbonyl (C=O) groups is 1. The monoisotopic (exact) mass is 461 g/mol. The Hall–Kier alpha value is -4.05. The first kappa shape index (κ1) is 22.7. The fourth-order valence-electron chi connectivity index (χ4n) is 4.71. The topological polar surface area (TPSA) is 57.2 Å². The molecular weight excluding hydrogens is 432 g/mol. The summed E-state index contributed by atoms with van der Waals surface area (Å²) >= 11 is 0. The molecule has 0 unspecified atom stereocenters. The van der Waals surface area contributed by atoms with Crippen molar-refractivity contribution < 1.29 is 9.53 Å². The van der Waals surface area contributed by atoms with Crippen molar-refractivity contribution in [3.05, 3.63) is 108 Å². The molecule has 0 saturated carbocycles. The van der Waals surface area contributed by atoms with Crippen LogP contribution in [0.1, 0.15) is 47.7 Å². The van der Waals surface area contributed by atoms with E-state index in [4.69, 9.17) is 10.5 Å². The molecule has 0 saturated heterocycles. The van der Waals surface area contributed by atoms with E-state index in [1.54, 1.807) is 6.07 Å². The third kappa shape index (κ3) is 4.78. The number of carbonyl (C=O) groups excluding carboxylic acids is 1. The number of nitrogens with zero attached hydrogens (tertiary/aromatic N) is 1. The summed E-state index contributed by atoms with van der Waals surface area (Å²) in [5, 5.41) is 1.80. The second kappa shape index (κ2) is 10.1. The van der Waals surface area contributed by atoms with Crippen LogP contribution in [0, 0.1) is 6.07 Å². The molecule has 4 nitrogen and oxygen atoms in total. The molecule has 175 valence electrons. The van der Waals surface area contributed by atoms with Gasteiger partial charge in [-0.15, -0.1) is 0 Å². The second-order valence-corrected chi connectivity index (χ2v) is 8.94. The van der Waals surface area contributed by atoms with Crippen molar-refractivity contribution >= 4 is 27.7 Å². The van der Waals surface area contributed by atoms with Crippen molar-refractivity contribution in [3.63, 3.8) is 0 Å². The van der Waals surface area contributed by atoms with E-state index >= 15 is 0 Å². The molecule has 5 aromatic rings. The Morgan fingerprint density at radius 3 is 2.49 bits per heavy atom. The summed E-state index contributed by atoms with van der Waals surface area (Å²) in [4.78, 5) is 12.3. The lowest BCUT2D eigenvalue weighted by Gasteiger charge is -2.11. The van der Waals surface area contributed by atoms with E-state index in [2.05, 4.69) is 47.9 Å². The zero-order valence-corrected chi connectivity index (χ0v) is 20.0. The zero-order valence-electron chi connectivity index (χ0n) is 20.0. The van der Waals surface area contributed by atoms with Crippen LogP contribution in [0.3, 0.4) is 0 Å². The van der Waals surface area contributed by atoms with Gasteiger partial charge in [-0.3, -0.25) is 4.79 Å². The van der Waals surface area contributed by atoms with Gasteiger partial charge < -0.3 is 15.0 Å². The smallest absolute Gasteiger partial charge is 0.249 e. The minimum absolute atomic E-state index is 0.423. The molecule has 1 radical (unpaired) electrons. The van der Waals surface area contributed by atoms with Gasteiger partial charge in [0.25, 0.3) is 0 Å². The number of para-hydroxylation sites is 1. The Balaban J connectivity index is 1.59. The van der Waals surface area contributed by atoms with Gasteiger partial charge in [0.2, 0.25) is 5.91 Å². The van der Waals surface area contributed by atoms with Crippen LogP contribution in [-0.4, -0.2) is 10.5 Å². The predicted molar refractivity (Wildman–Crippen MR) is 142 cm³/mol. The molecule has 0 bridgehead atoms. The first-order chi connectivity index (χ1) is 17.1. The van der Waals surface area contributed by atoms with Crippen LogP contribution in [0.5, 0.6) is 11.5 Å². The summed E-state index contributed by atoms with van der Waals surface area (Å²) in [6.07, 6.45) is 4.57. The van der Waals surface area contributed by atoms with Crippen molar-refractivity contribution in [2.75, 3.05) is 0 Å². The number of ether oxygens (including phenoxy) is 1. The van der Waals surface area contributed by atoms with E-state index in [9.17, 15) is 4.79 Å². The van der Waals surface area contributed by atoms with Crippen molar-refractivity contribution in [3.8, 4) is 11.5 Å². The van der Waals surface area contributed by atoms with Crippen molar-refractivity contribution in [2.45, 2.75) is 39.2 Å². The molecule has 5 rings (SSSR count). The largest absolute Gasteiger partial charge is 0.457 e. The number of unbranched alkanes of at least 4 members (excludes halogenated alkanes) is 2. The molecule has 0 spiro atoms. The molecule has 0 atom stereocenters. The molecule has 0 fully saturated rings. The fraction of sp³-hybridized carbons (Fsp3) is 0.194. The molecule has 1 aromatic heterocycles. The number of amides is 1. The average molecular weight is 462 g/mol. The standard InChI is InChI=1S/C31H29N2O2/c1-2-3-5-10-22-17-18-26-29(20-22)33(28-16-9-15-27(30(26)28)31(32)34)21-23-11-8-14-25(19-23)35-24-12-6-4-7-13-24/h4,6-9,11-17,19-20H,2-3,5,10,21H2,1H3,(H2,32,34). The van der Waals surface area contributed by atoms with Crippen LogP contribution < -0.4 is 10.5 Å². The second-order valence-electron chi connectivity index (χ2n) is 8.94. The quantitative estimate of drug-likeness (QED) is 0.235. The summed E-state index contributed by atoms with van der Waals surface area (Å²) in [7, 11) is 0.